The van der Waals surface area contributed by atoms with E-state index in [1.165, 1.54) is 6.20 Å². The van der Waals surface area contributed by atoms with Gasteiger partial charge in [-0.1, -0.05) is 5.23 Å². The van der Waals surface area contributed by atoms with Crippen LogP contribution >= 0.6 is 0 Å². The van der Waals surface area contributed by atoms with Gasteiger partial charge >= 0.3 is 5.91 Å². The molecule has 8 nitrogen and oxygen atoms in total. The molecule has 0 unspecified atom stereocenters. The monoisotopic (exact) mass is 314 g/mol. The van der Waals surface area contributed by atoms with Crippen molar-refractivity contribution in [3.8, 4) is 5.75 Å². The number of fused-ring (bicyclic) bond motifs is 1. The molecule has 0 spiro atoms. The molecule has 0 bridgehead atoms. The molecule has 8 heteroatoms. The molecule has 3 aromatic heterocycles. The number of carbonyl (C=O) groups is 1. The van der Waals surface area contributed by atoms with Crippen LogP contribution in [-0.2, 0) is 6.54 Å². The molecule has 0 aliphatic carbocycles. The van der Waals surface area contributed by atoms with Crippen LogP contribution in [0.3, 0.4) is 0 Å². The van der Waals surface area contributed by atoms with E-state index in [0.717, 1.165) is 0 Å². The van der Waals surface area contributed by atoms with Crippen molar-refractivity contribution in [3.05, 3.63) is 54.6 Å². The van der Waals surface area contributed by atoms with Crippen molar-refractivity contribution >= 4 is 16.9 Å². The molecule has 0 radical (unpaired) electrons. The van der Waals surface area contributed by atoms with Gasteiger partial charge in [0.1, 0.15) is 12.4 Å². The number of hydroxylamine groups is 2. The molecule has 118 valence electrons. The van der Waals surface area contributed by atoms with Crippen LogP contribution in [0.2, 0.25) is 0 Å². The Bertz CT molecular complexity index is 817. The van der Waals surface area contributed by atoms with Crippen LogP contribution in [0.4, 0.5) is 0 Å². The summed E-state index contributed by atoms with van der Waals surface area (Å²) >= 11 is 0. The highest BCUT2D eigenvalue weighted by Crippen LogP contribution is 2.16. The average molecular weight is 314 g/mol. The van der Waals surface area contributed by atoms with E-state index in [2.05, 4.69) is 9.97 Å². The highest BCUT2D eigenvalue weighted by atomic mass is 16.8. The van der Waals surface area contributed by atoms with Crippen molar-refractivity contribution in [1.82, 2.24) is 19.8 Å². The summed E-state index contributed by atoms with van der Waals surface area (Å²) in [5.74, 6) is -0.270. The van der Waals surface area contributed by atoms with Crippen LogP contribution in [0.5, 0.6) is 5.75 Å². The summed E-state index contributed by atoms with van der Waals surface area (Å²) in [7, 11) is 0. The predicted octanol–water partition coefficient (Wildman–Crippen LogP) is 1.73. The summed E-state index contributed by atoms with van der Waals surface area (Å²) < 4.78 is 7.45. The Morgan fingerprint density at radius 3 is 2.91 bits per heavy atom. The second-order valence-corrected chi connectivity index (χ2v) is 4.77. The molecule has 0 saturated carbocycles. The normalized spacial score (nSPS) is 10.7. The smallest absolute Gasteiger partial charge is 0.305 e. The average Bonchev–Trinajstić information content (AvgIpc) is 2.97. The van der Waals surface area contributed by atoms with Crippen LogP contribution in [0.25, 0.3) is 11.0 Å². The van der Waals surface area contributed by atoms with E-state index in [4.69, 9.17) is 15.2 Å². The largest absolute Gasteiger partial charge is 0.490 e. The topological polar surface area (TPSA) is 101 Å². The third-order valence-corrected chi connectivity index (χ3v) is 3.28. The van der Waals surface area contributed by atoms with Crippen LogP contribution < -0.4 is 4.74 Å². The Morgan fingerprint density at radius 2 is 2.17 bits per heavy atom. The summed E-state index contributed by atoms with van der Waals surface area (Å²) in [6.07, 6.45) is 6.42. The molecular formula is C15H14N4O4. The van der Waals surface area contributed by atoms with E-state index in [9.17, 15) is 4.79 Å². The first-order chi connectivity index (χ1) is 11.1. The zero-order valence-electron chi connectivity index (χ0n) is 12.0. The Labute approximate surface area is 131 Å². The third-order valence-electron chi connectivity index (χ3n) is 3.28. The fourth-order valence-electron chi connectivity index (χ4n) is 2.18. The lowest BCUT2D eigenvalue weighted by Crippen LogP contribution is -2.23. The number of carbonyl (C=O) groups excluding carboxylic acids is 1. The molecule has 0 fully saturated rings. The van der Waals surface area contributed by atoms with E-state index in [1.54, 1.807) is 24.5 Å². The first kappa shape index (κ1) is 14.9. The standard InChI is InChI=1S/C15H14N4O4/c20-15(19(21)22)11-8-14-13(17-9-11)3-5-18(14)6-7-23-12-2-1-4-16-10-12/h1-5,8-10,21-22H,6-7H2. The lowest BCUT2D eigenvalue weighted by atomic mass is 10.2. The second kappa shape index (κ2) is 6.42. The van der Waals surface area contributed by atoms with E-state index in [1.807, 2.05) is 22.9 Å². The number of pyridine rings is 2. The van der Waals surface area contributed by atoms with Crippen molar-refractivity contribution in [2.45, 2.75) is 6.54 Å². The van der Waals surface area contributed by atoms with Gasteiger partial charge in [0, 0.05) is 18.6 Å². The van der Waals surface area contributed by atoms with Crippen molar-refractivity contribution < 1.29 is 19.9 Å². The molecule has 2 N–H and O–H groups in total. The minimum atomic E-state index is -0.946. The highest BCUT2D eigenvalue weighted by molar-refractivity contribution is 5.95. The minimum absolute atomic E-state index is 0.0793. The fourth-order valence-corrected chi connectivity index (χ4v) is 2.18. The molecule has 0 aliphatic heterocycles. The van der Waals surface area contributed by atoms with Gasteiger partial charge in [0.2, 0.25) is 0 Å². The fraction of sp³-hybridized carbons (Fsp3) is 0.133. The third kappa shape index (κ3) is 3.28. The van der Waals surface area contributed by atoms with Gasteiger partial charge in [-0.05, 0) is 24.3 Å². The van der Waals surface area contributed by atoms with E-state index in [0.29, 0.717) is 29.9 Å². The Balaban J connectivity index is 1.75. The van der Waals surface area contributed by atoms with Crippen LogP contribution in [-0.4, -0.2) is 42.7 Å². The number of aromatic nitrogens is 3. The number of rotatable bonds is 5. The quantitative estimate of drug-likeness (QED) is 0.549. The molecular weight excluding hydrogens is 300 g/mol. The lowest BCUT2D eigenvalue weighted by molar-refractivity contribution is -0.260. The lowest BCUT2D eigenvalue weighted by Gasteiger charge is -2.09. The van der Waals surface area contributed by atoms with Crippen LogP contribution in [0, 0.1) is 0 Å². The van der Waals surface area contributed by atoms with Gasteiger partial charge in [-0.25, -0.2) is 0 Å². The van der Waals surface area contributed by atoms with E-state index >= 15 is 0 Å². The number of amides is 1. The highest BCUT2D eigenvalue weighted by Gasteiger charge is 2.14. The molecule has 0 aliphatic rings. The summed E-state index contributed by atoms with van der Waals surface area (Å²) in [4.78, 5) is 19.7. The Hall–Kier alpha value is -2.97. The molecule has 0 saturated heterocycles. The van der Waals surface area contributed by atoms with Gasteiger partial charge < -0.3 is 9.30 Å². The number of ether oxygens (including phenoxy) is 1. The molecule has 3 rings (SSSR count). The van der Waals surface area contributed by atoms with Gasteiger partial charge in [0.25, 0.3) is 0 Å². The van der Waals surface area contributed by atoms with E-state index in [-0.39, 0.29) is 5.56 Å². The molecule has 0 aromatic carbocycles. The summed E-state index contributed by atoms with van der Waals surface area (Å²) in [5, 5.41) is 17.2. The summed E-state index contributed by atoms with van der Waals surface area (Å²) in [6, 6.07) is 6.96. The maximum absolute atomic E-state index is 11.6. The maximum Gasteiger partial charge on any atom is 0.305 e. The number of nitrogens with zero attached hydrogens (tertiary/aromatic N) is 4. The zero-order chi connectivity index (χ0) is 16.2. The molecule has 0 atom stereocenters. The molecule has 23 heavy (non-hydrogen) atoms. The van der Waals surface area contributed by atoms with Crippen molar-refractivity contribution in [3.63, 3.8) is 0 Å². The zero-order valence-corrected chi connectivity index (χ0v) is 12.0. The predicted molar refractivity (Wildman–Crippen MR) is 79.2 cm³/mol. The van der Waals surface area contributed by atoms with Crippen LogP contribution in [0.15, 0.2) is 49.1 Å². The Morgan fingerprint density at radius 1 is 1.30 bits per heavy atom. The van der Waals surface area contributed by atoms with Crippen molar-refractivity contribution in [2.75, 3.05) is 6.61 Å². The second-order valence-electron chi connectivity index (χ2n) is 4.77. The molecule has 3 aromatic rings. The van der Waals surface area contributed by atoms with Gasteiger partial charge in [-0.15, -0.1) is 0 Å². The minimum Gasteiger partial charge on any atom is -0.490 e. The van der Waals surface area contributed by atoms with Gasteiger partial charge in [-0.3, -0.25) is 25.2 Å². The molecule has 1 amide bonds. The molecule has 3 heterocycles. The number of hydrogen-bond donors (Lipinski definition) is 2. The maximum atomic E-state index is 11.6. The van der Waals surface area contributed by atoms with Gasteiger partial charge in [-0.2, -0.15) is 0 Å². The van der Waals surface area contributed by atoms with Gasteiger partial charge in [0.15, 0.2) is 0 Å². The summed E-state index contributed by atoms with van der Waals surface area (Å²) in [5.41, 5.74) is 1.48. The number of hydrogen-bond acceptors (Lipinski definition) is 6. The SMILES string of the molecule is O=C(c1cnc2ccn(CCOc3cccnc3)c2c1)N(O)O. The van der Waals surface area contributed by atoms with Crippen molar-refractivity contribution in [1.29, 1.82) is 0 Å². The summed E-state index contributed by atoms with van der Waals surface area (Å²) in [6.45, 7) is 0.958. The van der Waals surface area contributed by atoms with E-state index < -0.39 is 11.1 Å². The first-order valence-electron chi connectivity index (χ1n) is 6.85. The van der Waals surface area contributed by atoms with Crippen LogP contribution in [0.1, 0.15) is 10.4 Å². The first-order valence-corrected chi connectivity index (χ1v) is 6.85. The Kier molecular flexibility index (Phi) is 4.18. The van der Waals surface area contributed by atoms with Crippen molar-refractivity contribution in [2.24, 2.45) is 0 Å². The van der Waals surface area contributed by atoms with Gasteiger partial charge in [0.05, 0.1) is 29.3 Å².